The van der Waals surface area contributed by atoms with Crippen molar-refractivity contribution in [1.29, 1.82) is 0 Å². The van der Waals surface area contributed by atoms with Crippen molar-refractivity contribution in [3.8, 4) is 23.1 Å². The number of methoxy groups -OCH3 is 1. The third-order valence-corrected chi connectivity index (χ3v) is 10.3. The Kier molecular flexibility index (Phi) is 11.2. The zero-order valence-electron chi connectivity index (χ0n) is 31.4. The van der Waals surface area contributed by atoms with Crippen LogP contribution in [0.2, 0.25) is 0 Å². The van der Waals surface area contributed by atoms with E-state index in [2.05, 4.69) is 51.1 Å². The number of carbonyl (C=O) groups is 3. The highest BCUT2D eigenvalue weighted by Gasteiger charge is 2.40. The lowest BCUT2D eigenvalue weighted by molar-refractivity contribution is -0.137. The maximum atomic E-state index is 13.8. The van der Waals surface area contributed by atoms with E-state index < -0.39 is 18.2 Å². The van der Waals surface area contributed by atoms with Crippen LogP contribution in [0.15, 0.2) is 53.8 Å². The van der Waals surface area contributed by atoms with Crippen LogP contribution in [0.3, 0.4) is 0 Å². The van der Waals surface area contributed by atoms with Crippen molar-refractivity contribution in [3.63, 3.8) is 0 Å². The Morgan fingerprint density at radius 3 is 2.34 bits per heavy atom. The molecule has 0 spiro atoms. The monoisotopic (exact) mass is 720 g/mol. The van der Waals surface area contributed by atoms with E-state index in [1.165, 1.54) is 14.2 Å². The number of hydrogen-bond acceptors (Lipinski definition) is 8. The van der Waals surface area contributed by atoms with Crippen LogP contribution in [0.4, 0.5) is 4.79 Å². The number of imidazole rings is 2. The van der Waals surface area contributed by atoms with Crippen LogP contribution in [0.25, 0.3) is 22.3 Å². The predicted molar refractivity (Wildman–Crippen MR) is 201 cm³/mol. The molecular weight excluding hydrogens is 672 g/mol. The molecule has 4 atom stereocenters. The van der Waals surface area contributed by atoms with Crippen molar-refractivity contribution in [2.75, 3.05) is 27.3 Å². The van der Waals surface area contributed by atoms with E-state index >= 15 is 0 Å². The van der Waals surface area contributed by atoms with Crippen LogP contribution in [0.5, 0.6) is 0 Å². The molecule has 4 aromatic rings. The number of likely N-dealkylation sites (tertiary alicyclic amines) is 2. The van der Waals surface area contributed by atoms with Crippen LogP contribution in [-0.4, -0.2) is 86.7 Å². The summed E-state index contributed by atoms with van der Waals surface area (Å²) >= 11 is 0. The van der Waals surface area contributed by atoms with E-state index in [1.54, 1.807) is 4.90 Å². The maximum Gasteiger partial charge on any atom is 0.407 e. The van der Waals surface area contributed by atoms with Gasteiger partial charge in [-0.15, -0.1) is 0 Å². The molecule has 0 saturated carbocycles. The minimum absolute atomic E-state index is 0.0234. The molecule has 2 aromatic heterocycles. The molecule has 2 aliphatic rings. The highest BCUT2D eigenvalue weighted by atomic mass is 16.6. The normalized spacial score (nSPS) is 19.1. The number of aromatic amines is 2. The average molecular weight is 721 g/mol. The van der Waals surface area contributed by atoms with E-state index in [-0.39, 0.29) is 36.2 Å². The molecule has 3 amide bonds. The summed E-state index contributed by atoms with van der Waals surface area (Å²) in [6.07, 6.45) is 3.48. The minimum atomic E-state index is -0.789. The Balaban J connectivity index is 1.16. The number of oxime groups is 1. The highest BCUT2D eigenvalue weighted by molar-refractivity contribution is 5.96. The van der Waals surface area contributed by atoms with Gasteiger partial charge in [0.25, 0.3) is 0 Å². The lowest BCUT2D eigenvalue weighted by Gasteiger charge is -2.29. The molecule has 3 N–H and O–H groups in total. The molecule has 2 aliphatic heterocycles. The third kappa shape index (κ3) is 8.06. The molecule has 13 heteroatoms. The largest absolute Gasteiger partial charge is 0.453 e. The summed E-state index contributed by atoms with van der Waals surface area (Å²) in [5.41, 5.74) is 5.79. The third-order valence-electron chi connectivity index (χ3n) is 10.3. The standard InChI is InChI=1S/C40H48N8O5/c1-23(2)25(5)38(49)47-18-8-9-33(47)36-41-21-32(44-36)28-15-12-26(13-16-28)10-11-27-14-17-30-31(19-27)43-37(42-30)34-20-29(46-53-7)22-48(34)39(50)35(24(3)4)45-40(51)52-6/h12-17,19,21,23-25,33-35H,8-9,18,20,22H2,1-7H3,(H,41,44)(H,42,43)(H,45,51)/t25-,33-,34-,35-/m0/s1. The molecule has 278 valence electrons. The van der Waals surface area contributed by atoms with Gasteiger partial charge in [0.2, 0.25) is 11.8 Å². The topological polar surface area (TPSA) is 158 Å². The molecule has 0 radical (unpaired) electrons. The molecule has 4 heterocycles. The van der Waals surface area contributed by atoms with E-state index in [0.717, 1.165) is 58.6 Å². The second-order valence-corrected chi connectivity index (χ2v) is 14.5. The summed E-state index contributed by atoms with van der Waals surface area (Å²) < 4.78 is 4.77. The number of rotatable bonds is 9. The maximum absolute atomic E-state index is 13.8. The molecule has 0 aliphatic carbocycles. The molecule has 2 saturated heterocycles. The van der Waals surface area contributed by atoms with Crippen molar-refractivity contribution < 1.29 is 24.0 Å². The molecule has 53 heavy (non-hydrogen) atoms. The molecule has 2 fully saturated rings. The first-order chi connectivity index (χ1) is 25.5. The Labute approximate surface area is 309 Å². The average Bonchev–Trinajstić information content (AvgIpc) is 3.98. The molecule has 0 unspecified atom stereocenters. The van der Waals surface area contributed by atoms with Gasteiger partial charge in [-0.1, -0.05) is 63.7 Å². The fraction of sp³-hybridized carbons (Fsp3) is 0.450. The van der Waals surface area contributed by atoms with Crippen molar-refractivity contribution in [2.45, 2.75) is 72.0 Å². The van der Waals surface area contributed by atoms with Crippen molar-refractivity contribution in [2.24, 2.45) is 22.9 Å². The number of aromatic nitrogens is 4. The zero-order valence-corrected chi connectivity index (χ0v) is 31.4. The lowest BCUT2D eigenvalue weighted by atomic mass is 9.96. The van der Waals surface area contributed by atoms with Crippen molar-refractivity contribution in [1.82, 2.24) is 35.1 Å². The van der Waals surface area contributed by atoms with Gasteiger partial charge < -0.3 is 34.7 Å². The summed E-state index contributed by atoms with van der Waals surface area (Å²) in [6.45, 7) is 10.9. The van der Waals surface area contributed by atoms with Crippen LogP contribution in [0, 0.1) is 29.6 Å². The number of nitrogens with one attached hydrogen (secondary N) is 3. The molecular formula is C40H48N8O5. The first-order valence-corrected chi connectivity index (χ1v) is 18.2. The number of ether oxygens (including phenoxy) is 1. The zero-order chi connectivity index (χ0) is 37.8. The summed E-state index contributed by atoms with van der Waals surface area (Å²) in [5, 5.41) is 6.80. The van der Waals surface area contributed by atoms with Gasteiger partial charge in [-0.05, 0) is 60.6 Å². The first kappa shape index (κ1) is 37.1. The fourth-order valence-corrected chi connectivity index (χ4v) is 6.91. The number of alkyl carbamates (subject to hydrolysis) is 1. The number of nitrogens with zero attached hydrogens (tertiary/aromatic N) is 5. The lowest BCUT2D eigenvalue weighted by Crippen LogP contribution is -2.51. The second kappa shape index (κ2) is 15.9. The van der Waals surface area contributed by atoms with Gasteiger partial charge in [0.1, 0.15) is 24.8 Å². The number of benzene rings is 2. The van der Waals surface area contributed by atoms with Gasteiger partial charge >= 0.3 is 6.09 Å². The van der Waals surface area contributed by atoms with E-state index in [1.807, 2.05) is 74.3 Å². The highest BCUT2D eigenvalue weighted by Crippen LogP contribution is 2.34. The molecule has 2 aromatic carbocycles. The Bertz CT molecular complexity index is 2050. The Morgan fingerprint density at radius 1 is 0.906 bits per heavy atom. The van der Waals surface area contributed by atoms with E-state index in [0.29, 0.717) is 23.9 Å². The fourth-order valence-electron chi connectivity index (χ4n) is 6.91. The number of fused-ring (bicyclic) bond motifs is 1. The SMILES string of the molecule is CON=C1C[C@@H](c2nc3ccc(C#Cc4ccc(-c5cnc([C@@H]6CCCN6C(=O)[C@@H](C)C(C)C)[nH]5)cc4)cc3[nH]2)N(C(=O)[C@@H](NC(=O)OC)C(C)C)C1. The summed E-state index contributed by atoms with van der Waals surface area (Å²) in [5.74, 6) is 7.98. The summed E-state index contributed by atoms with van der Waals surface area (Å²) in [4.78, 5) is 64.0. The number of hydrogen-bond donors (Lipinski definition) is 3. The summed E-state index contributed by atoms with van der Waals surface area (Å²) in [7, 11) is 2.74. The second-order valence-electron chi connectivity index (χ2n) is 14.5. The van der Waals surface area contributed by atoms with Gasteiger partial charge in [0.15, 0.2) is 0 Å². The Hall–Kier alpha value is -5.64. The van der Waals surface area contributed by atoms with Crippen LogP contribution in [0.1, 0.15) is 88.7 Å². The van der Waals surface area contributed by atoms with Crippen molar-refractivity contribution >= 4 is 34.7 Å². The predicted octanol–water partition coefficient (Wildman–Crippen LogP) is 5.96. The quantitative estimate of drug-likeness (QED) is 0.142. The van der Waals surface area contributed by atoms with Gasteiger partial charge in [-0.25, -0.2) is 14.8 Å². The molecule has 13 nitrogen and oxygen atoms in total. The Morgan fingerprint density at radius 2 is 1.64 bits per heavy atom. The van der Waals surface area contributed by atoms with E-state index in [4.69, 9.17) is 14.6 Å². The van der Waals surface area contributed by atoms with Gasteiger partial charge in [-0.2, -0.15) is 0 Å². The smallest absolute Gasteiger partial charge is 0.407 e. The minimum Gasteiger partial charge on any atom is -0.453 e. The van der Waals surface area contributed by atoms with Crippen molar-refractivity contribution in [3.05, 3.63) is 71.4 Å². The van der Waals surface area contributed by atoms with Crippen LogP contribution in [-0.2, 0) is 19.2 Å². The van der Waals surface area contributed by atoms with Gasteiger partial charge in [0.05, 0.1) is 54.4 Å². The summed E-state index contributed by atoms with van der Waals surface area (Å²) in [6, 6.07) is 12.5. The number of carbonyl (C=O) groups excluding carboxylic acids is 3. The van der Waals surface area contributed by atoms with Crippen LogP contribution < -0.4 is 5.32 Å². The number of amides is 3. The van der Waals surface area contributed by atoms with Crippen LogP contribution >= 0.6 is 0 Å². The first-order valence-electron chi connectivity index (χ1n) is 18.2. The van der Waals surface area contributed by atoms with Gasteiger partial charge in [-0.3, -0.25) is 9.59 Å². The van der Waals surface area contributed by atoms with E-state index in [9.17, 15) is 14.4 Å². The van der Waals surface area contributed by atoms with Gasteiger partial charge in [0, 0.05) is 30.0 Å². The molecule has 6 rings (SSSR count). The number of H-pyrrole nitrogens is 2. The molecule has 0 bridgehead atoms.